The van der Waals surface area contributed by atoms with E-state index >= 15 is 0 Å². The van der Waals surface area contributed by atoms with Crippen LogP contribution in [-0.4, -0.2) is 0 Å². The van der Waals surface area contributed by atoms with Gasteiger partial charge in [0.15, 0.2) is 0 Å². The first-order valence-electron chi connectivity index (χ1n) is 5.21. The van der Waals surface area contributed by atoms with Crippen molar-refractivity contribution in [1.82, 2.24) is 0 Å². The van der Waals surface area contributed by atoms with Gasteiger partial charge in [0.1, 0.15) is 0 Å². The molecule has 0 spiro atoms. The molecule has 0 bridgehead atoms. The lowest BCUT2D eigenvalue weighted by Crippen LogP contribution is -1.93. The summed E-state index contributed by atoms with van der Waals surface area (Å²) in [6.07, 6.45) is 0. The maximum atomic E-state index is 5.64. The van der Waals surface area contributed by atoms with E-state index in [0.29, 0.717) is 13.2 Å². The van der Waals surface area contributed by atoms with Crippen LogP contribution in [-0.2, 0) is 18.0 Å². The predicted octanol–water partition coefficient (Wildman–Crippen LogP) is 4.01. The number of hydrogen-bond acceptors (Lipinski definition) is 1. The number of hydrogen-bond donors (Lipinski definition) is 0. The number of benzene rings is 2. The maximum absolute atomic E-state index is 5.64. The van der Waals surface area contributed by atoms with Gasteiger partial charge in [-0.3, -0.25) is 0 Å². The van der Waals surface area contributed by atoms with Crippen molar-refractivity contribution in [3.05, 3.63) is 69.3 Å². The third-order valence-electron chi connectivity index (χ3n) is 2.29. The molecule has 82 valence electrons. The van der Waals surface area contributed by atoms with Gasteiger partial charge in [0.05, 0.1) is 13.2 Å². The molecule has 0 heterocycles. The van der Waals surface area contributed by atoms with E-state index in [9.17, 15) is 0 Å². The number of rotatable bonds is 4. The maximum Gasteiger partial charge on any atom is 0.0721 e. The average molecular weight is 324 g/mol. The van der Waals surface area contributed by atoms with E-state index in [1.165, 1.54) is 14.7 Å². The molecule has 16 heavy (non-hydrogen) atoms. The second-order valence-corrected chi connectivity index (χ2v) is 4.85. The molecular formula is C14H13IO. The minimum Gasteiger partial charge on any atom is -0.372 e. The van der Waals surface area contributed by atoms with Crippen LogP contribution in [0.5, 0.6) is 0 Å². The van der Waals surface area contributed by atoms with E-state index < -0.39 is 0 Å². The van der Waals surface area contributed by atoms with Crippen molar-refractivity contribution in [1.29, 1.82) is 0 Å². The van der Waals surface area contributed by atoms with E-state index in [-0.39, 0.29) is 0 Å². The molecule has 0 radical (unpaired) electrons. The Labute approximate surface area is 110 Å². The zero-order chi connectivity index (χ0) is 11.2. The largest absolute Gasteiger partial charge is 0.372 e. The van der Waals surface area contributed by atoms with Crippen molar-refractivity contribution in [2.45, 2.75) is 13.2 Å². The van der Waals surface area contributed by atoms with Crippen molar-refractivity contribution in [2.75, 3.05) is 0 Å². The molecule has 0 aliphatic rings. The van der Waals surface area contributed by atoms with Gasteiger partial charge in [-0.2, -0.15) is 0 Å². The molecule has 0 saturated heterocycles. The lowest BCUT2D eigenvalue weighted by molar-refractivity contribution is 0.107. The summed E-state index contributed by atoms with van der Waals surface area (Å²) in [5.74, 6) is 0. The summed E-state index contributed by atoms with van der Waals surface area (Å²) in [5.41, 5.74) is 2.43. The molecule has 0 atom stereocenters. The first-order chi connectivity index (χ1) is 7.84. The first kappa shape index (κ1) is 11.6. The van der Waals surface area contributed by atoms with Crippen LogP contribution in [0.25, 0.3) is 0 Å². The Morgan fingerprint density at radius 2 is 1.31 bits per heavy atom. The van der Waals surface area contributed by atoms with Crippen LogP contribution < -0.4 is 0 Å². The van der Waals surface area contributed by atoms with E-state index in [4.69, 9.17) is 4.74 Å². The van der Waals surface area contributed by atoms with Gasteiger partial charge in [-0.25, -0.2) is 0 Å². The van der Waals surface area contributed by atoms with Crippen LogP contribution in [0, 0.1) is 3.57 Å². The monoisotopic (exact) mass is 324 g/mol. The van der Waals surface area contributed by atoms with Crippen LogP contribution >= 0.6 is 22.6 Å². The predicted molar refractivity (Wildman–Crippen MR) is 74.1 cm³/mol. The third kappa shape index (κ3) is 3.61. The van der Waals surface area contributed by atoms with Gasteiger partial charge in [-0.05, 0) is 45.9 Å². The summed E-state index contributed by atoms with van der Waals surface area (Å²) in [5, 5.41) is 0. The molecule has 1 nitrogen and oxygen atoms in total. The zero-order valence-electron chi connectivity index (χ0n) is 8.90. The van der Waals surface area contributed by atoms with Gasteiger partial charge in [-0.15, -0.1) is 0 Å². The molecule has 2 aromatic carbocycles. The van der Waals surface area contributed by atoms with Gasteiger partial charge in [0, 0.05) is 3.57 Å². The van der Waals surface area contributed by atoms with Gasteiger partial charge < -0.3 is 4.74 Å². The van der Waals surface area contributed by atoms with Crippen LogP contribution in [0.15, 0.2) is 54.6 Å². The quantitative estimate of drug-likeness (QED) is 0.772. The topological polar surface area (TPSA) is 9.23 Å². The number of ether oxygens (including phenoxy) is 1. The van der Waals surface area contributed by atoms with Gasteiger partial charge in [0.2, 0.25) is 0 Å². The summed E-state index contributed by atoms with van der Waals surface area (Å²) in [6, 6.07) is 18.6. The Kier molecular flexibility index (Phi) is 4.36. The lowest BCUT2D eigenvalue weighted by Gasteiger charge is -2.04. The summed E-state index contributed by atoms with van der Waals surface area (Å²) >= 11 is 2.30. The fraction of sp³-hybridized carbons (Fsp3) is 0.143. The molecule has 0 N–H and O–H groups in total. The highest BCUT2D eigenvalue weighted by Gasteiger charge is 1.94. The smallest absolute Gasteiger partial charge is 0.0721 e. The van der Waals surface area contributed by atoms with Crippen molar-refractivity contribution in [3.8, 4) is 0 Å². The van der Waals surface area contributed by atoms with Gasteiger partial charge in [-0.1, -0.05) is 42.5 Å². The normalized spacial score (nSPS) is 10.3. The van der Waals surface area contributed by atoms with Crippen molar-refractivity contribution >= 4 is 22.6 Å². The third-order valence-corrected chi connectivity index (χ3v) is 3.01. The fourth-order valence-electron chi connectivity index (χ4n) is 1.44. The van der Waals surface area contributed by atoms with E-state index in [2.05, 4.69) is 59.0 Å². The molecule has 0 saturated carbocycles. The Hall–Kier alpha value is -0.870. The molecule has 2 aromatic rings. The van der Waals surface area contributed by atoms with Crippen LogP contribution in [0.2, 0.25) is 0 Å². The SMILES string of the molecule is Ic1ccc(COCc2ccccc2)cc1. The van der Waals surface area contributed by atoms with Gasteiger partial charge >= 0.3 is 0 Å². The Balaban J connectivity index is 1.82. The van der Waals surface area contributed by atoms with Crippen LogP contribution in [0.3, 0.4) is 0 Å². The summed E-state index contributed by atoms with van der Waals surface area (Å²) in [7, 11) is 0. The van der Waals surface area contributed by atoms with E-state index in [1.54, 1.807) is 0 Å². The average Bonchev–Trinajstić information content (AvgIpc) is 2.33. The minimum absolute atomic E-state index is 0.672. The standard InChI is InChI=1S/C14H13IO/c15-14-8-6-13(7-9-14)11-16-10-12-4-2-1-3-5-12/h1-9H,10-11H2. The highest BCUT2D eigenvalue weighted by atomic mass is 127. The summed E-state index contributed by atoms with van der Waals surface area (Å²) < 4.78 is 6.90. The molecular weight excluding hydrogens is 311 g/mol. The Morgan fingerprint density at radius 3 is 1.94 bits per heavy atom. The fourth-order valence-corrected chi connectivity index (χ4v) is 1.80. The second-order valence-electron chi connectivity index (χ2n) is 3.60. The first-order valence-corrected chi connectivity index (χ1v) is 6.28. The zero-order valence-corrected chi connectivity index (χ0v) is 11.1. The molecule has 0 unspecified atom stereocenters. The molecule has 0 aliphatic heterocycles. The Bertz CT molecular complexity index is 422. The van der Waals surface area contributed by atoms with Crippen molar-refractivity contribution in [2.24, 2.45) is 0 Å². The molecule has 0 fully saturated rings. The molecule has 2 heteroatoms. The highest BCUT2D eigenvalue weighted by Crippen LogP contribution is 2.09. The Morgan fingerprint density at radius 1 is 0.750 bits per heavy atom. The molecule has 2 rings (SSSR count). The summed E-state index contributed by atoms with van der Waals surface area (Å²) in [6.45, 7) is 1.35. The summed E-state index contributed by atoms with van der Waals surface area (Å²) in [4.78, 5) is 0. The van der Waals surface area contributed by atoms with Crippen LogP contribution in [0.4, 0.5) is 0 Å². The molecule has 0 aliphatic carbocycles. The van der Waals surface area contributed by atoms with Crippen molar-refractivity contribution < 1.29 is 4.74 Å². The second kappa shape index (κ2) is 6.01. The molecule has 0 amide bonds. The van der Waals surface area contributed by atoms with Crippen molar-refractivity contribution in [3.63, 3.8) is 0 Å². The molecule has 0 aromatic heterocycles. The minimum atomic E-state index is 0.672. The lowest BCUT2D eigenvalue weighted by atomic mass is 10.2. The number of halogens is 1. The van der Waals surface area contributed by atoms with Gasteiger partial charge in [0.25, 0.3) is 0 Å². The van der Waals surface area contributed by atoms with Crippen LogP contribution in [0.1, 0.15) is 11.1 Å². The van der Waals surface area contributed by atoms with E-state index in [1.807, 2.05) is 18.2 Å². The highest BCUT2D eigenvalue weighted by molar-refractivity contribution is 14.1. The van der Waals surface area contributed by atoms with E-state index in [0.717, 1.165) is 0 Å².